The van der Waals surface area contributed by atoms with Crippen molar-refractivity contribution in [2.24, 2.45) is 5.10 Å². The van der Waals surface area contributed by atoms with Crippen LogP contribution in [0.3, 0.4) is 0 Å². The Morgan fingerprint density at radius 3 is 2.75 bits per heavy atom. The van der Waals surface area contributed by atoms with Crippen molar-refractivity contribution in [3.8, 4) is 5.75 Å². The lowest BCUT2D eigenvalue weighted by atomic mass is 10.1. The summed E-state index contributed by atoms with van der Waals surface area (Å²) in [5.74, 6) is 0.721. The normalized spacial score (nSPS) is 11.0. The van der Waals surface area contributed by atoms with Gasteiger partial charge in [-0.05, 0) is 40.5 Å². The SMILES string of the molecule is CCCCCC(=O)N/N=C\c1cccc(OCc2cccc3ccccc23)c1. The highest BCUT2D eigenvalue weighted by Gasteiger charge is 2.02. The van der Waals surface area contributed by atoms with Crippen molar-refractivity contribution in [3.05, 3.63) is 77.9 Å². The van der Waals surface area contributed by atoms with Gasteiger partial charge in [-0.1, -0.05) is 74.4 Å². The summed E-state index contributed by atoms with van der Waals surface area (Å²) in [5.41, 5.74) is 4.61. The molecular weight excluding hydrogens is 348 g/mol. The molecule has 3 rings (SSSR count). The zero-order valence-corrected chi connectivity index (χ0v) is 16.2. The van der Waals surface area contributed by atoms with Crippen molar-refractivity contribution in [1.29, 1.82) is 0 Å². The van der Waals surface area contributed by atoms with Crippen molar-refractivity contribution in [1.82, 2.24) is 5.43 Å². The minimum atomic E-state index is -0.0481. The number of ether oxygens (including phenoxy) is 1. The van der Waals surface area contributed by atoms with E-state index >= 15 is 0 Å². The van der Waals surface area contributed by atoms with Crippen molar-refractivity contribution >= 4 is 22.9 Å². The maximum Gasteiger partial charge on any atom is 0.240 e. The lowest BCUT2D eigenvalue weighted by molar-refractivity contribution is -0.121. The Morgan fingerprint density at radius 1 is 1.04 bits per heavy atom. The van der Waals surface area contributed by atoms with Gasteiger partial charge in [0.05, 0.1) is 6.21 Å². The maximum atomic E-state index is 11.7. The molecular formula is C24H26N2O2. The molecule has 1 N–H and O–H groups in total. The molecule has 0 atom stereocenters. The maximum absolute atomic E-state index is 11.7. The molecule has 0 unspecified atom stereocenters. The van der Waals surface area contributed by atoms with Gasteiger partial charge in [-0.25, -0.2) is 5.43 Å². The largest absolute Gasteiger partial charge is 0.489 e. The smallest absolute Gasteiger partial charge is 0.240 e. The highest BCUT2D eigenvalue weighted by Crippen LogP contribution is 2.21. The van der Waals surface area contributed by atoms with Crippen molar-refractivity contribution in [2.45, 2.75) is 39.2 Å². The van der Waals surface area contributed by atoms with Crippen LogP contribution in [0.5, 0.6) is 5.75 Å². The van der Waals surface area contributed by atoms with Crippen LogP contribution in [0.15, 0.2) is 71.8 Å². The minimum Gasteiger partial charge on any atom is -0.489 e. The van der Waals surface area contributed by atoms with E-state index in [2.05, 4.69) is 41.7 Å². The third kappa shape index (κ3) is 5.68. The summed E-state index contributed by atoms with van der Waals surface area (Å²) in [6.07, 6.45) is 5.21. The topological polar surface area (TPSA) is 50.7 Å². The number of benzene rings is 3. The van der Waals surface area contributed by atoms with Crippen LogP contribution in [0.4, 0.5) is 0 Å². The van der Waals surface area contributed by atoms with Crippen LogP contribution >= 0.6 is 0 Å². The van der Waals surface area contributed by atoms with Gasteiger partial charge in [0.15, 0.2) is 0 Å². The standard InChI is InChI=1S/C24H26N2O2/c1-2-3-4-15-24(27)26-25-17-19-9-7-13-22(16-19)28-18-21-12-8-11-20-10-5-6-14-23(20)21/h5-14,16-17H,2-4,15,18H2,1H3,(H,26,27)/b25-17-. The molecule has 0 heterocycles. The number of rotatable bonds is 9. The fraction of sp³-hybridized carbons (Fsp3) is 0.250. The van der Waals surface area contributed by atoms with Gasteiger partial charge >= 0.3 is 0 Å². The van der Waals surface area contributed by atoms with Gasteiger partial charge in [0.1, 0.15) is 12.4 Å². The van der Waals surface area contributed by atoms with Gasteiger partial charge in [-0.2, -0.15) is 5.10 Å². The molecule has 0 saturated carbocycles. The van der Waals surface area contributed by atoms with E-state index in [0.29, 0.717) is 13.0 Å². The molecule has 144 valence electrons. The Bertz CT molecular complexity index is 945. The van der Waals surface area contributed by atoms with Crippen LogP contribution in [-0.4, -0.2) is 12.1 Å². The molecule has 0 fully saturated rings. The monoisotopic (exact) mass is 374 g/mol. The number of fused-ring (bicyclic) bond motifs is 1. The van der Waals surface area contributed by atoms with E-state index in [0.717, 1.165) is 36.1 Å². The third-order valence-corrected chi connectivity index (χ3v) is 4.54. The number of unbranched alkanes of at least 4 members (excludes halogenated alkanes) is 2. The number of nitrogens with one attached hydrogen (secondary N) is 1. The second kappa shape index (κ2) is 10.3. The molecule has 0 aliphatic carbocycles. The average molecular weight is 374 g/mol. The van der Waals surface area contributed by atoms with Crippen LogP contribution in [0.2, 0.25) is 0 Å². The van der Waals surface area contributed by atoms with Gasteiger partial charge < -0.3 is 4.74 Å². The fourth-order valence-corrected chi connectivity index (χ4v) is 3.03. The van der Waals surface area contributed by atoms with Gasteiger partial charge in [0.2, 0.25) is 5.91 Å². The Labute approximate surface area is 166 Å². The summed E-state index contributed by atoms with van der Waals surface area (Å²) >= 11 is 0. The van der Waals surface area contributed by atoms with E-state index in [1.807, 2.05) is 42.5 Å². The van der Waals surface area contributed by atoms with Crippen LogP contribution in [0, 0.1) is 0 Å². The lowest BCUT2D eigenvalue weighted by Gasteiger charge is -2.09. The van der Waals surface area contributed by atoms with Crippen LogP contribution in [-0.2, 0) is 11.4 Å². The van der Waals surface area contributed by atoms with E-state index in [1.54, 1.807) is 6.21 Å². The number of hydrogen-bond acceptors (Lipinski definition) is 3. The first kappa shape index (κ1) is 19.6. The molecule has 0 aromatic heterocycles. The average Bonchev–Trinajstić information content (AvgIpc) is 2.73. The van der Waals surface area contributed by atoms with E-state index < -0.39 is 0 Å². The summed E-state index contributed by atoms with van der Waals surface area (Å²) in [6, 6.07) is 22.2. The molecule has 4 heteroatoms. The minimum absolute atomic E-state index is 0.0481. The molecule has 0 aliphatic rings. The summed E-state index contributed by atoms with van der Waals surface area (Å²) in [4.78, 5) is 11.7. The van der Waals surface area contributed by atoms with Crippen molar-refractivity contribution in [2.75, 3.05) is 0 Å². The highest BCUT2D eigenvalue weighted by molar-refractivity contribution is 5.85. The Morgan fingerprint density at radius 2 is 1.86 bits per heavy atom. The number of hydrogen-bond donors (Lipinski definition) is 1. The first-order valence-corrected chi connectivity index (χ1v) is 9.77. The molecule has 4 nitrogen and oxygen atoms in total. The van der Waals surface area contributed by atoms with Crippen molar-refractivity contribution in [3.63, 3.8) is 0 Å². The molecule has 0 spiro atoms. The van der Waals surface area contributed by atoms with E-state index in [9.17, 15) is 4.79 Å². The molecule has 0 bridgehead atoms. The fourth-order valence-electron chi connectivity index (χ4n) is 3.03. The van der Waals surface area contributed by atoms with Crippen LogP contribution in [0.25, 0.3) is 10.8 Å². The second-order valence-corrected chi connectivity index (χ2v) is 6.75. The van der Waals surface area contributed by atoms with Gasteiger partial charge in [0, 0.05) is 6.42 Å². The van der Waals surface area contributed by atoms with Crippen LogP contribution in [0.1, 0.15) is 43.7 Å². The summed E-state index contributed by atoms with van der Waals surface area (Å²) < 4.78 is 5.98. The first-order valence-electron chi connectivity index (χ1n) is 9.77. The molecule has 28 heavy (non-hydrogen) atoms. The molecule has 0 saturated heterocycles. The molecule has 3 aromatic carbocycles. The predicted octanol–water partition coefficient (Wildman–Crippen LogP) is 5.45. The molecule has 3 aromatic rings. The number of carbonyl (C=O) groups excluding carboxylic acids is 1. The lowest BCUT2D eigenvalue weighted by Crippen LogP contribution is -2.16. The van der Waals surface area contributed by atoms with Crippen molar-refractivity contribution < 1.29 is 9.53 Å². The van der Waals surface area contributed by atoms with E-state index in [1.165, 1.54) is 10.8 Å². The van der Waals surface area contributed by atoms with Gasteiger partial charge in [-0.15, -0.1) is 0 Å². The quantitative estimate of drug-likeness (QED) is 0.308. The van der Waals surface area contributed by atoms with E-state index in [4.69, 9.17) is 4.74 Å². The zero-order chi connectivity index (χ0) is 19.6. The number of nitrogens with zero attached hydrogens (tertiary/aromatic N) is 1. The number of hydrazone groups is 1. The summed E-state index contributed by atoms with van der Waals surface area (Å²) in [6.45, 7) is 2.61. The summed E-state index contributed by atoms with van der Waals surface area (Å²) in [5, 5.41) is 6.45. The molecule has 0 radical (unpaired) electrons. The zero-order valence-electron chi connectivity index (χ0n) is 16.2. The predicted molar refractivity (Wildman–Crippen MR) is 115 cm³/mol. The Balaban J connectivity index is 1.57. The second-order valence-electron chi connectivity index (χ2n) is 6.75. The number of amides is 1. The summed E-state index contributed by atoms with van der Waals surface area (Å²) in [7, 11) is 0. The van der Waals surface area contributed by atoms with Gasteiger partial charge in [-0.3, -0.25) is 4.79 Å². The number of carbonyl (C=O) groups is 1. The third-order valence-electron chi connectivity index (χ3n) is 4.54. The van der Waals surface area contributed by atoms with Gasteiger partial charge in [0.25, 0.3) is 0 Å². The van der Waals surface area contributed by atoms with Crippen LogP contribution < -0.4 is 10.2 Å². The Kier molecular flexibility index (Phi) is 7.19. The van der Waals surface area contributed by atoms with E-state index in [-0.39, 0.29) is 5.91 Å². The molecule has 1 amide bonds. The molecule has 0 aliphatic heterocycles. The Hall–Kier alpha value is -3.14. The highest BCUT2D eigenvalue weighted by atomic mass is 16.5. The first-order chi connectivity index (χ1) is 13.8.